The number of rotatable bonds is 2. The first-order chi connectivity index (χ1) is 7.31. The number of aromatic nitrogens is 2. The van der Waals surface area contributed by atoms with Crippen molar-refractivity contribution in [2.45, 2.75) is 0 Å². The molecule has 0 amide bonds. The lowest BCUT2D eigenvalue weighted by Crippen LogP contribution is -2.12. The molecule has 0 fully saturated rings. The highest BCUT2D eigenvalue weighted by Crippen LogP contribution is 2.02. The molecule has 0 aliphatic carbocycles. The van der Waals surface area contributed by atoms with Crippen molar-refractivity contribution in [3.63, 3.8) is 0 Å². The summed E-state index contributed by atoms with van der Waals surface area (Å²) in [6.45, 7) is 0. The van der Waals surface area contributed by atoms with Gasteiger partial charge in [0.2, 0.25) is 0 Å². The van der Waals surface area contributed by atoms with E-state index in [1.54, 1.807) is 24.3 Å². The molecule has 0 spiro atoms. The number of aldehydes is 1. The molecule has 15 heavy (non-hydrogen) atoms. The van der Waals surface area contributed by atoms with Crippen LogP contribution < -0.4 is 0 Å². The van der Waals surface area contributed by atoms with Gasteiger partial charge in [-0.05, 0) is 18.2 Å². The molecule has 0 saturated heterocycles. The number of carbonyl (C=O) groups is 2. The smallest absolute Gasteiger partial charge is 0.278 e. The number of carbonyl (C=O) groups excluding carboxylic acids is 2. The van der Waals surface area contributed by atoms with E-state index in [0.29, 0.717) is 11.8 Å². The molecule has 0 unspecified atom stereocenters. The van der Waals surface area contributed by atoms with Gasteiger partial charge in [-0.1, -0.05) is 18.2 Å². The first-order valence-electron chi connectivity index (χ1n) is 4.42. The fraction of sp³-hybridized carbons (Fsp3) is 0. The Morgan fingerprint density at radius 3 is 2.53 bits per heavy atom. The summed E-state index contributed by atoms with van der Waals surface area (Å²) in [5, 5.41) is 3.80. The second kappa shape index (κ2) is 3.88. The van der Waals surface area contributed by atoms with Gasteiger partial charge in [-0.3, -0.25) is 9.59 Å². The summed E-state index contributed by atoms with van der Waals surface area (Å²) in [5.41, 5.74) is 0.789. The fourth-order valence-corrected chi connectivity index (χ4v) is 1.23. The van der Waals surface area contributed by atoms with Crippen molar-refractivity contribution in [3.05, 3.63) is 53.9 Å². The Balaban J connectivity index is 2.32. The van der Waals surface area contributed by atoms with Crippen molar-refractivity contribution in [3.8, 4) is 0 Å². The van der Waals surface area contributed by atoms with Crippen LogP contribution >= 0.6 is 0 Å². The lowest BCUT2D eigenvalue weighted by molar-refractivity contribution is 0.0944. The van der Waals surface area contributed by atoms with Gasteiger partial charge in [-0.25, -0.2) is 4.68 Å². The molecule has 0 saturated carbocycles. The molecule has 74 valence electrons. The highest BCUT2D eigenvalue weighted by Gasteiger charge is 2.08. The lowest BCUT2D eigenvalue weighted by atomic mass is 10.2. The quantitative estimate of drug-likeness (QED) is 0.688. The molecule has 1 aromatic carbocycles. The van der Waals surface area contributed by atoms with E-state index in [1.165, 1.54) is 12.3 Å². The standard InChI is InChI=1S/C11H8N2O2/c14-8-10-6-7-13(12-10)11(15)9-4-2-1-3-5-9/h1-8H. The molecule has 0 radical (unpaired) electrons. The number of hydrogen-bond donors (Lipinski definition) is 0. The van der Waals surface area contributed by atoms with E-state index in [-0.39, 0.29) is 11.6 Å². The Labute approximate surface area is 86.1 Å². The van der Waals surface area contributed by atoms with Crippen molar-refractivity contribution in [1.29, 1.82) is 0 Å². The Hall–Kier alpha value is -2.23. The van der Waals surface area contributed by atoms with Gasteiger partial charge in [0.1, 0.15) is 5.69 Å². The summed E-state index contributed by atoms with van der Waals surface area (Å²) >= 11 is 0. The molecule has 0 atom stereocenters. The van der Waals surface area contributed by atoms with Crippen LogP contribution in [0.4, 0.5) is 0 Å². The largest absolute Gasteiger partial charge is 0.296 e. The lowest BCUT2D eigenvalue weighted by Gasteiger charge is -1.98. The van der Waals surface area contributed by atoms with Gasteiger partial charge >= 0.3 is 0 Å². The van der Waals surface area contributed by atoms with Crippen LogP contribution in [0.1, 0.15) is 20.8 Å². The third-order valence-electron chi connectivity index (χ3n) is 1.96. The van der Waals surface area contributed by atoms with Crippen LogP contribution in [-0.2, 0) is 0 Å². The van der Waals surface area contributed by atoms with Crippen molar-refractivity contribution < 1.29 is 9.59 Å². The molecular formula is C11H8N2O2. The normalized spacial score (nSPS) is 9.87. The zero-order valence-electron chi connectivity index (χ0n) is 7.83. The Morgan fingerprint density at radius 2 is 1.93 bits per heavy atom. The van der Waals surface area contributed by atoms with Gasteiger partial charge in [-0.15, -0.1) is 0 Å². The summed E-state index contributed by atoms with van der Waals surface area (Å²) in [4.78, 5) is 22.2. The number of hydrogen-bond acceptors (Lipinski definition) is 3. The van der Waals surface area contributed by atoms with Crippen molar-refractivity contribution in [2.75, 3.05) is 0 Å². The molecular weight excluding hydrogens is 192 g/mol. The predicted octanol–water partition coefficient (Wildman–Crippen LogP) is 1.38. The minimum atomic E-state index is -0.247. The minimum absolute atomic E-state index is 0.247. The van der Waals surface area contributed by atoms with Crippen LogP contribution in [0, 0.1) is 0 Å². The molecule has 2 rings (SSSR count). The highest BCUT2D eigenvalue weighted by atomic mass is 16.2. The summed E-state index contributed by atoms with van der Waals surface area (Å²) in [5.74, 6) is -0.247. The molecule has 0 bridgehead atoms. The van der Waals surface area contributed by atoms with E-state index >= 15 is 0 Å². The molecule has 1 heterocycles. The molecule has 0 N–H and O–H groups in total. The van der Waals surface area contributed by atoms with Crippen molar-refractivity contribution >= 4 is 12.2 Å². The minimum Gasteiger partial charge on any atom is -0.296 e. The van der Waals surface area contributed by atoms with Crippen LogP contribution in [0.5, 0.6) is 0 Å². The maximum Gasteiger partial charge on any atom is 0.278 e. The predicted molar refractivity (Wildman–Crippen MR) is 53.8 cm³/mol. The zero-order chi connectivity index (χ0) is 10.7. The van der Waals surface area contributed by atoms with E-state index in [0.717, 1.165) is 4.68 Å². The van der Waals surface area contributed by atoms with E-state index < -0.39 is 0 Å². The fourth-order valence-electron chi connectivity index (χ4n) is 1.23. The second-order valence-corrected chi connectivity index (χ2v) is 2.97. The van der Waals surface area contributed by atoms with Gasteiger partial charge in [0.15, 0.2) is 6.29 Å². The van der Waals surface area contributed by atoms with Crippen LogP contribution in [0.15, 0.2) is 42.6 Å². The molecule has 4 nitrogen and oxygen atoms in total. The first kappa shape index (κ1) is 9.33. The Kier molecular flexibility index (Phi) is 2.41. The average Bonchev–Trinajstić information content (AvgIpc) is 2.78. The Bertz CT molecular complexity index is 488. The highest BCUT2D eigenvalue weighted by molar-refractivity contribution is 5.95. The number of benzene rings is 1. The third kappa shape index (κ3) is 1.83. The second-order valence-electron chi connectivity index (χ2n) is 2.97. The van der Waals surface area contributed by atoms with Gasteiger partial charge in [0.05, 0.1) is 0 Å². The Morgan fingerprint density at radius 1 is 1.20 bits per heavy atom. The van der Waals surface area contributed by atoms with E-state index in [2.05, 4.69) is 5.10 Å². The molecule has 0 aliphatic heterocycles. The van der Waals surface area contributed by atoms with E-state index in [4.69, 9.17) is 0 Å². The topological polar surface area (TPSA) is 52.0 Å². The summed E-state index contributed by atoms with van der Waals surface area (Å²) in [6.07, 6.45) is 2.08. The molecule has 2 aromatic rings. The van der Waals surface area contributed by atoms with Crippen LogP contribution in [0.25, 0.3) is 0 Å². The molecule has 1 aromatic heterocycles. The van der Waals surface area contributed by atoms with Crippen LogP contribution in [-0.4, -0.2) is 22.0 Å². The van der Waals surface area contributed by atoms with Gasteiger partial charge in [0, 0.05) is 11.8 Å². The van der Waals surface area contributed by atoms with Gasteiger partial charge in [-0.2, -0.15) is 5.10 Å². The van der Waals surface area contributed by atoms with E-state index in [9.17, 15) is 9.59 Å². The molecule has 4 heteroatoms. The van der Waals surface area contributed by atoms with Gasteiger partial charge < -0.3 is 0 Å². The SMILES string of the molecule is O=Cc1ccn(C(=O)c2ccccc2)n1. The molecule has 0 aliphatic rings. The summed E-state index contributed by atoms with van der Waals surface area (Å²) in [7, 11) is 0. The summed E-state index contributed by atoms with van der Waals surface area (Å²) in [6, 6.07) is 10.3. The van der Waals surface area contributed by atoms with E-state index in [1.807, 2.05) is 6.07 Å². The summed E-state index contributed by atoms with van der Waals surface area (Å²) < 4.78 is 1.15. The first-order valence-corrected chi connectivity index (χ1v) is 4.42. The van der Waals surface area contributed by atoms with Crippen LogP contribution in [0.2, 0.25) is 0 Å². The zero-order valence-corrected chi connectivity index (χ0v) is 7.83. The van der Waals surface area contributed by atoms with Crippen molar-refractivity contribution in [2.24, 2.45) is 0 Å². The average molecular weight is 200 g/mol. The monoisotopic (exact) mass is 200 g/mol. The van der Waals surface area contributed by atoms with Crippen molar-refractivity contribution in [1.82, 2.24) is 9.78 Å². The maximum atomic E-state index is 11.8. The van der Waals surface area contributed by atoms with Crippen LogP contribution in [0.3, 0.4) is 0 Å². The van der Waals surface area contributed by atoms with Gasteiger partial charge in [0.25, 0.3) is 5.91 Å². The maximum absolute atomic E-state index is 11.8. The third-order valence-corrected chi connectivity index (χ3v) is 1.96. The number of nitrogens with zero attached hydrogens (tertiary/aromatic N) is 2.